The Morgan fingerprint density at radius 3 is 2.60 bits per heavy atom. The average Bonchev–Trinajstić information content (AvgIpc) is 3.00. The normalized spacial score (nSPS) is 16.7. The highest BCUT2D eigenvalue weighted by Gasteiger charge is 2.16. The maximum Gasteiger partial charge on any atom is 0.291 e. The molecule has 7 heteroatoms. The van der Waals surface area contributed by atoms with Gasteiger partial charge in [0, 0.05) is 38.4 Å². The number of aryl methyl sites for hydroxylation is 1. The van der Waals surface area contributed by atoms with E-state index >= 15 is 0 Å². The summed E-state index contributed by atoms with van der Waals surface area (Å²) < 4.78 is 10.3. The van der Waals surface area contributed by atoms with Crippen LogP contribution < -0.4 is 0 Å². The molecular formula is C18H27N3O4. The van der Waals surface area contributed by atoms with E-state index in [0.717, 1.165) is 57.8 Å². The Hall–Kier alpha value is -1.67. The summed E-state index contributed by atoms with van der Waals surface area (Å²) >= 11 is 0. The number of nitrogens with zero attached hydrogens (tertiary/aromatic N) is 3. The van der Waals surface area contributed by atoms with Crippen LogP contribution in [0, 0.1) is 0 Å². The van der Waals surface area contributed by atoms with Crippen molar-refractivity contribution in [1.29, 1.82) is 0 Å². The van der Waals surface area contributed by atoms with E-state index in [9.17, 15) is 5.11 Å². The number of ether oxygens (including phenoxy) is 1. The van der Waals surface area contributed by atoms with Crippen molar-refractivity contribution in [2.75, 3.05) is 59.1 Å². The number of rotatable bonds is 9. The monoisotopic (exact) mass is 349 g/mol. The fourth-order valence-corrected chi connectivity index (χ4v) is 3.18. The first-order valence-corrected chi connectivity index (χ1v) is 8.95. The molecule has 0 radical (unpaired) electrons. The second kappa shape index (κ2) is 9.15. The highest BCUT2D eigenvalue weighted by molar-refractivity contribution is 5.82. The van der Waals surface area contributed by atoms with Gasteiger partial charge in [0.2, 0.25) is 0 Å². The summed E-state index contributed by atoms with van der Waals surface area (Å²) in [6, 6.07) is 3.83. The molecule has 2 N–H and O–H groups in total. The molecule has 0 amide bonds. The van der Waals surface area contributed by atoms with Gasteiger partial charge >= 0.3 is 0 Å². The lowest BCUT2D eigenvalue weighted by molar-refractivity contribution is 0.0574. The molecule has 25 heavy (non-hydrogen) atoms. The zero-order valence-corrected chi connectivity index (χ0v) is 14.6. The minimum Gasteiger partial charge on any atom is -0.480 e. The third-order valence-electron chi connectivity index (χ3n) is 4.65. The standard InChI is InChI=1S/C18H27N3O4/c22-11-13-24-12-10-21-8-6-20(7-9-21)5-1-2-15-3-4-16-17(19-15)14-25-18(16)23/h3-4,14,22-23H,1-2,5-13H2. The second-order valence-electron chi connectivity index (χ2n) is 6.40. The van der Waals surface area contributed by atoms with Crippen LogP contribution in [-0.2, 0) is 11.2 Å². The molecule has 2 aromatic rings. The van der Waals surface area contributed by atoms with Crippen molar-refractivity contribution in [1.82, 2.24) is 14.8 Å². The number of aliphatic hydroxyl groups excluding tert-OH is 1. The Balaban J connectivity index is 1.34. The minimum absolute atomic E-state index is 0.0614. The number of furan rings is 1. The van der Waals surface area contributed by atoms with E-state index in [1.165, 1.54) is 6.26 Å². The van der Waals surface area contributed by atoms with Crippen LogP contribution >= 0.6 is 0 Å². The Bertz CT molecular complexity index is 653. The van der Waals surface area contributed by atoms with Crippen LogP contribution in [0.25, 0.3) is 10.9 Å². The van der Waals surface area contributed by atoms with Crippen molar-refractivity contribution in [2.24, 2.45) is 0 Å². The number of aromatic hydroxyl groups is 1. The molecule has 3 heterocycles. The van der Waals surface area contributed by atoms with Crippen molar-refractivity contribution in [3.8, 4) is 5.95 Å². The van der Waals surface area contributed by atoms with Gasteiger partial charge in [-0.25, -0.2) is 4.98 Å². The molecule has 0 saturated carbocycles. The van der Waals surface area contributed by atoms with E-state index in [1.54, 1.807) is 0 Å². The number of piperazine rings is 1. The SMILES string of the molecule is OCCOCCN1CCN(CCCc2ccc3c(O)occ3n2)CC1. The summed E-state index contributed by atoms with van der Waals surface area (Å²) in [6.07, 6.45) is 3.50. The predicted molar refractivity (Wildman–Crippen MR) is 94.8 cm³/mol. The van der Waals surface area contributed by atoms with Gasteiger partial charge < -0.3 is 24.3 Å². The van der Waals surface area contributed by atoms with Gasteiger partial charge in [-0.05, 0) is 31.5 Å². The molecule has 1 saturated heterocycles. The molecule has 1 aliphatic rings. The molecule has 1 fully saturated rings. The van der Waals surface area contributed by atoms with Crippen molar-refractivity contribution >= 4 is 10.9 Å². The number of aromatic nitrogens is 1. The fraction of sp³-hybridized carbons (Fsp3) is 0.611. The van der Waals surface area contributed by atoms with Crippen molar-refractivity contribution in [3.63, 3.8) is 0 Å². The van der Waals surface area contributed by atoms with E-state index in [-0.39, 0.29) is 12.6 Å². The molecule has 3 rings (SSSR count). The second-order valence-corrected chi connectivity index (χ2v) is 6.40. The minimum atomic E-state index is -0.0614. The van der Waals surface area contributed by atoms with Gasteiger partial charge in [-0.2, -0.15) is 0 Å². The van der Waals surface area contributed by atoms with E-state index in [1.807, 2.05) is 12.1 Å². The first kappa shape index (κ1) is 18.1. The van der Waals surface area contributed by atoms with Crippen molar-refractivity contribution < 1.29 is 19.4 Å². The summed E-state index contributed by atoms with van der Waals surface area (Å²) in [5.74, 6) is -0.0614. The largest absolute Gasteiger partial charge is 0.480 e. The summed E-state index contributed by atoms with van der Waals surface area (Å²) in [5.41, 5.74) is 1.75. The Kier molecular flexibility index (Phi) is 6.63. The van der Waals surface area contributed by atoms with Crippen LogP contribution in [0.4, 0.5) is 0 Å². The molecule has 1 aliphatic heterocycles. The lowest BCUT2D eigenvalue weighted by Crippen LogP contribution is -2.47. The highest BCUT2D eigenvalue weighted by Crippen LogP contribution is 2.25. The summed E-state index contributed by atoms with van der Waals surface area (Å²) in [6.45, 7) is 7.54. The number of hydrogen-bond donors (Lipinski definition) is 2. The van der Waals surface area contributed by atoms with Crippen molar-refractivity contribution in [2.45, 2.75) is 12.8 Å². The Labute approximate surface area is 147 Å². The summed E-state index contributed by atoms with van der Waals surface area (Å²) in [4.78, 5) is 9.43. The van der Waals surface area contributed by atoms with Gasteiger partial charge in [0.1, 0.15) is 11.8 Å². The molecule has 2 aromatic heterocycles. The average molecular weight is 349 g/mol. The molecule has 0 bridgehead atoms. The van der Waals surface area contributed by atoms with Gasteiger partial charge in [0.05, 0.1) is 25.2 Å². The number of pyridine rings is 1. The molecule has 0 unspecified atom stereocenters. The third kappa shape index (κ3) is 5.15. The first-order valence-electron chi connectivity index (χ1n) is 8.95. The number of aliphatic hydroxyl groups is 1. The molecule has 0 atom stereocenters. The zero-order chi connectivity index (χ0) is 17.5. The van der Waals surface area contributed by atoms with Gasteiger partial charge in [0.25, 0.3) is 5.95 Å². The Morgan fingerprint density at radius 1 is 1.08 bits per heavy atom. The molecule has 0 spiro atoms. The van der Waals surface area contributed by atoms with Crippen LogP contribution in [0.15, 0.2) is 22.8 Å². The van der Waals surface area contributed by atoms with Crippen LogP contribution in [-0.4, -0.2) is 84.1 Å². The maximum absolute atomic E-state index is 9.51. The van der Waals surface area contributed by atoms with Gasteiger partial charge in [-0.1, -0.05) is 0 Å². The van der Waals surface area contributed by atoms with Crippen LogP contribution in [0.2, 0.25) is 0 Å². The lowest BCUT2D eigenvalue weighted by atomic mass is 10.2. The van der Waals surface area contributed by atoms with Crippen LogP contribution in [0.1, 0.15) is 12.1 Å². The van der Waals surface area contributed by atoms with Gasteiger partial charge in [-0.15, -0.1) is 0 Å². The van der Waals surface area contributed by atoms with E-state index in [2.05, 4.69) is 14.8 Å². The smallest absolute Gasteiger partial charge is 0.291 e. The van der Waals surface area contributed by atoms with Gasteiger partial charge in [0.15, 0.2) is 0 Å². The van der Waals surface area contributed by atoms with Crippen molar-refractivity contribution in [3.05, 3.63) is 24.1 Å². The first-order chi connectivity index (χ1) is 12.3. The quantitative estimate of drug-likeness (QED) is 0.656. The Morgan fingerprint density at radius 2 is 1.84 bits per heavy atom. The molecule has 7 nitrogen and oxygen atoms in total. The highest BCUT2D eigenvalue weighted by atomic mass is 16.5. The summed E-state index contributed by atoms with van der Waals surface area (Å²) in [5, 5.41) is 18.9. The van der Waals surface area contributed by atoms with Crippen LogP contribution in [0.5, 0.6) is 5.95 Å². The molecular weight excluding hydrogens is 322 g/mol. The van der Waals surface area contributed by atoms with Gasteiger partial charge in [-0.3, -0.25) is 4.90 Å². The lowest BCUT2D eigenvalue weighted by Gasteiger charge is -2.34. The van der Waals surface area contributed by atoms with E-state index in [0.29, 0.717) is 24.1 Å². The maximum atomic E-state index is 9.51. The van der Waals surface area contributed by atoms with E-state index < -0.39 is 0 Å². The van der Waals surface area contributed by atoms with E-state index in [4.69, 9.17) is 14.3 Å². The third-order valence-corrected chi connectivity index (χ3v) is 4.65. The molecule has 0 aromatic carbocycles. The predicted octanol–water partition coefficient (Wildman–Crippen LogP) is 1.09. The topological polar surface area (TPSA) is 82.2 Å². The fourth-order valence-electron chi connectivity index (χ4n) is 3.18. The number of hydrogen-bond acceptors (Lipinski definition) is 7. The summed E-state index contributed by atoms with van der Waals surface area (Å²) in [7, 11) is 0. The molecule has 0 aliphatic carbocycles. The zero-order valence-electron chi connectivity index (χ0n) is 14.6. The number of fused-ring (bicyclic) bond motifs is 1. The van der Waals surface area contributed by atoms with Crippen LogP contribution in [0.3, 0.4) is 0 Å². The molecule has 138 valence electrons.